The number of ether oxygens (including phenoxy) is 1. The Morgan fingerprint density at radius 1 is 1.18 bits per heavy atom. The van der Waals surface area contributed by atoms with Gasteiger partial charge in [0.15, 0.2) is 0 Å². The van der Waals surface area contributed by atoms with E-state index >= 15 is 0 Å². The van der Waals surface area contributed by atoms with Crippen molar-refractivity contribution in [1.29, 1.82) is 0 Å². The average molecular weight is 238 g/mol. The molecule has 0 spiro atoms. The summed E-state index contributed by atoms with van der Waals surface area (Å²) in [6, 6.07) is 1.84. The van der Waals surface area contributed by atoms with Crippen molar-refractivity contribution in [1.82, 2.24) is 15.3 Å². The van der Waals surface area contributed by atoms with Crippen LogP contribution >= 0.6 is 0 Å². The highest BCUT2D eigenvalue weighted by molar-refractivity contribution is 5.30. The van der Waals surface area contributed by atoms with Crippen molar-refractivity contribution in [3.63, 3.8) is 0 Å². The minimum atomic E-state index is 0.619. The van der Waals surface area contributed by atoms with Crippen LogP contribution in [0.4, 0.5) is 5.95 Å². The zero-order chi connectivity index (χ0) is 12.5. The Balaban J connectivity index is 2.41. The van der Waals surface area contributed by atoms with Crippen molar-refractivity contribution < 1.29 is 4.74 Å². The zero-order valence-electron chi connectivity index (χ0n) is 10.9. The quantitative estimate of drug-likeness (QED) is 0.674. The largest absolute Gasteiger partial charge is 0.478 e. The van der Waals surface area contributed by atoms with E-state index < -0.39 is 0 Å². The molecule has 1 heterocycles. The normalized spacial score (nSPS) is 10.3. The smallest absolute Gasteiger partial charge is 0.226 e. The van der Waals surface area contributed by atoms with Crippen LogP contribution in [0.3, 0.4) is 0 Å². The molecule has 1 aromatic heterocycles. The molecule has 0 unspecified atom stereocenters. The second-order valence-corrected chi connectivity index (χ2v) is 3.78. The van der Waals surface area contributed by atoms with Crippen molar-refractivity contribution >= 4 is 5.95 Å². The number of aryl methyl sites for hydroxylation is 1. The van der Waals surface area contributed by atoms with E-state index in [-0.39, 0.29) is 0 Å². The monoisotopic (exact) mass is 238 g/mol. The topological polar surface area (TPSA) is 59.1 Å². The molecule has 0 aliphatic heterocycles. The van der Waals surface area contributed by atoms with Crippen LogP contribution in [-0.4, -0.2) is 36.2 Å². The fourth-order valence-corrected chi connectivity index (χ4v) is 1.41. The van der Waals surface area contributed by atoms with Crippen molar-refractivity contribution in [2.45, 2.75) is 27.2 Å². The number of nitrogens with one attached hydrogen (secondary N) is 2. The molecule has 0 saturated heterocycles. The lowest BCUT2D eigenvalue weighted by molar-refractivity contribution is 0.326. The summed E-state index contributed by atoms with van der Waals surface area (Å²) >= 11 is 0. The van der Waals surface area contributed by atoms with Gasteiger partial charge >= 0.3 is 0 Å². The molecule has 0 aliphatic carbocycles. The Labute approximate surface area is 103 Å². The summed E-state index contributed by atoms with van der Waals surface area (Å²) in [5.41, 5.74) is 0.910. The summed E-state index contributed by atoms with van der Waals surface area (Å²) in [4.78, 5) is 8.57. The van der Waals surface area contributed by atoms with E-state index in [2.05, 4.69) is 27.5 Å². The van der Waals surface area contributed by atoms with Crippen molar-refractivity contribution in [2.24, 2.45) is 0 Å². The van der Waals surface area contributed by atoms with Crippen LogP contribution < -0.4 is 15.4 Å². The molecule has 0 aromatic carbocycles. The minimum absolute atomic E-state index is 0.619. The molecule has 17 heavy (non-hydrogen) atoms. The molecular weight excluding hydrogens is 216 g/mol. The van der Waals surface area contributed by atoms with Crippen molar-refractivity contribution in [3.05, 3.63) is 11.8 Å². The third-order valence-electron chi connectivity index (χ3n) is 2.13. The van der Waals surface area contributed by atoms with Crippen LogP contribution in [0.2, 0.25) is 0 Å². The summed E-state index contributed by atoms with van der Waals surface area (Å²) < 4.78 is 5.37. The Kier molecular flexibility index (Phi) is 6.32. The third kappa shape index (κ3) is 5.49. The highest BCUT2D eigenvalue weighted by Crippen LogP contribution is 2.11. The molecular formula is C12H22N4O. The SMILES string of the molecule is CCCNCCNc1nc(C)cc(OCC)n1. The van der Waals surface area contributed by atoms with Gasteiger partial charge in [-0.3, -0.25) is 0 Å². The van der Waals surface area contributed by atoms with Crippen LogP contribution in [0, 0.1) is 6.92 Å². The lowest BCUT2D eigenvalue weighted by atomic mass is 10.4. The van der Waals surface area contributed by atoms with E-state index in [1.807, 2.05) is 19.9 Å². The summed E-state index contributed by atoms with van der Waals surface area (Å²) in [7, 11) is 0. The molecule has 0 saturated carbocycles. The van der Waals surface area contributed by atoms with Gasteiger partial charge in [-0.25, -0.2) is 4.98 Å². The maximum atomic E-state index is 5.37. The number of aromatic nitrogens is 2. The molecule has 1 rings (SSSR count). The predicted molar refractivity (Wildman–Crippen MR) is 69.6 cm³/mol. The maximum Gasteiger partial charge on any atom is 0.226 e. The van der Waals surface area contributed by atoms with Crippen molar-refractivity contribution in [2.75, 3.05) is 31.6 Å². The summed E-state index contributed by atoms with van der Waals surface area (Å²) in [5, 5.41) is 6.49. The van der Waals surface area contributed by atoms with Crippen LogP contribution in [0.25, 0.3) is 0 Å². The van der Waals surface area contributed by atoms with E-state index in [4.69, 9.17) is 4.74 Å². The van der Waals surface area contributed by atoms with Gasteiger partial charge in [-0.2, -0.15) is 4.98 Å². The Hall–Kier alpha value is -1.36. The fraction of sp³-hybridized carbons (Fsp3) is 0.667. The van der Waals surface area contributed by atoms with Gasteiger partial charge in [-0.15, -0.1) is 0 Å². The lowest BCUT2D eigenvalue weighted by Gasteiger charge is -2.08. The molecule has 0 radical (unpaired) electrons. The molecule has 2 N–H and O–H groups in total. The standard InChI is InChI=1S/C12H22N4O/c1-4-6-13-7-8-14-12-15-10(3)9-11(16-12)17-5-2/h9,13H,4-8H2,1-3H3,(H,14,15,16). The Bertz CT molecular complexity index is 330. The van der Waals surface area contributed by atoms with Gasteiger partial charge in [0, 0.05) is 24.8 Å². The number of rotatable bonds is 8. The Morgan fingerprint density at radius 2 is 2.00 bits per heavy atom. The summed E-state index contributed by atoms with van der Waals surface area (Å²) in [6.45, 7) is 9.42. The second-order valence-electron chi connectivity index (χ2n) is 3.78. The molecule has 0 amide bonds. The maximum absolute atomic E-state index is 5.37. The fourth-order valence-electron chi connectivity index (χ4n) is 1.41. The molecule has 0 atom stereocenters. The molecule has 1 aromatic rings. The minimum Gasteiger partial charge on any atom is -0.478 e. The number of hydrogen-bond donors (Lipinski definition) is 2. The molecule has 0 fully saturated rings. The molecule has 0 aliphatic rings. The van der Waals surface area contributed by atoms with Gasteiger partial charge in [0.05, 0.1) is 6.61 Å². The predicted octanol–water partition coefficient (Wildman–Crippen LogP) is 1.60. The number of nitrogens with zero attached hydrogens (tertiary/aromatic N) is 2. The lowest BCUT2D eigenvalue weighted by Crippen LogP contribution is -2.23. The van der Waals surface area contributed by atoms with E-state index in [0.29, 0.717) is 18.4 Å². The first-order valence-corrected chi connectivity index (χ1v) is 6.19. The third-order valence-corrected chi connectivity index (χ3v) is 2.13. The Morgan fingerprint density at radius 3 is 2.71 bits per heavy atom. The first-order valence-electron chi connectivity index (χ1n) is 6.19. The van der Waals surface area contributed by atoms with Gasteiger partial charge in [0.25, 0.3) is 0 Å². The van der Waals surface area contributed by atoms with E-state index in [9.17, 15) is 0 Å². The molecule has 96 valence electrons. The van der Waals surface area contributed by atoms with Crippen LogP contribution in [0.5, 0.6) is 5.88 Å². The van der Waals surface area contributed by atoms with E-state index in [0.717, 1.165) is 31.7 Å². The molecule has 5 heteroatoms. The number of hydrogen-bond acceptors (Lipinski definition) is 5. The van der Waals surface area contributed by atoms with Gasteiger partial charge in [-0.1, -0.05) is 6.92 Å². The molecule has 0 bridgehead atoms. The van der Waals surface area contributed by atoms with E-state index in [1.54, 1.807) is 0 Å². The van der Waals surface area contributed by atoms with E-state index in [1.165, 1.54) is 0 Å². The van der Waals surface area contributed by atoms with Gasteiger partial charge in [-0.05, 0) is 26.8 Å². The molecule has 5 nitrogen and oxygen atoms in total. The van der Waals surface area contributed by atoms with Gasteiger partial charge in [0.1, 0.15) is 0 Å². The zero-order valence-corrected chi connectivity index (χ0v) is 10.9. The summed E-state index contributed by atoms with van der Waals surface area (Å²) in [6.07, 6.45) is 1.15. The highest BCUT2D eigenvalue weighted by atomic mass is 16.5. The van der Waals surface area contributed by atoms with Crippen LogP contribution in [0.15, 0.2) is 6.07 Å². The first-order chi connectivity index (χ1) is 8.26. The highest BCUT2D eigenvalue weighted by Gasteiger charge is 2.01. The summed E-state index contributed by atoms with van der Waals surface area (Å²) in [5.74, 6) is 1.26. The van der Waals surface area contributed by atoms with Crippen molar-refractivity contribution in [3.8, 4) is 5.88 Å². The van der Waals surface area contributed by atoms with Gasteiger partial charge < -0.3 is 15.4 Å². The first kappa shape index (κ1) is 13.7. The second kappa shape index (κ2) is 7.84. The average Bonchev–Trinajstić information content (AvgIpc) is 2.28. The number of anilines is 1. The van der Waals surface area contributed by atoms with Crippen LogP contribution in [-0.2, 0) is 0 Å². The van der Waals surface area contributed by atoms with Crippen LogP contribution in [0.1, 0.15) is 26.0 Å². The van der Waals surface area contributed by atoms with Gasteiger partial charge in [0.2, 0.25) is 11.8 Å².